The molecule has 2 heterocycles. The van der Waals surface area contributed by atoms with Crippen LogP contribution in [0.4, 0.5) is 13.2 Å². The van der Waals surface area contributed by atoms with E-state index in [0.29, 0.717) is 16.7 Å². The molecule has 4 rings (SSSR count). The zero-order chi connectivity index (χ0) is 22.9. The van der Waals surface area contributed by atoms with Gasteiger partial charge in [0.05, 0.1) is 12.2 Å². The molecule has 164 valence electrons. The molecular weight excluding hydrogens is 425 g/mol. The first-order chi connectivity index (χ1) is 15.2. The lowest BCUT2D eigenvalue weighted by Crippen LogP contribution is -2.15. The number of ether oxygens (including phenoxy) is 2. The van der Waals surface area contributed by atoms with Crippen molar-refractivity contribution < 1.29 is 32.2 Å². The number of nitrogens with zero attached hydrogens (tertiary/aromatic N) is 1. The van der Waals surface area contributed by atoms with Crippen molar-refractivity contribution >= 4 is 11.7 Å². The number of ketones is 1. The summed E-state index contributed by atoms with van der Waals surface area (Å²) in [6.07, 6.45) is -3.34. The summed E-state index contributed by atoms with van der Waals surface area (Å²) in [5, 5.41) is 0. The van der Waals surface area contributed by atoms with Gasteiger partial charge in [0, 0.05) is 36.2 Å². The largest absolute Gasteiger partial charge is 0.492 e. The Kier molecular flexibility index (Phi) is 5.56. The molecule has 1 amide bonds. The van der Waals surface area contributed by atoms with Gasteiger partial charge in [0.1, 0.15) is 11.5 Å². The van der Waals surface area contributed by atoms with Crippen LogP contribution in [0.5, 0.6) is 17.2 Å². The first-order valence-electron chi connectivity index (χ1n) is 9.64. The maximum Gasteiger partial charge on any atom is 0.437 e. The predicted molar refractivity (Wildman–Crippen MR) is 108 cm³/mol. The molecule has 0 saturated carbocycles. The lowest BCUT2D eigenvalue weighted by molar-refractivity contribution is -0.142. The number of primary amides is 1. The Hall–Kier alpha value is -3.88. The average molecular weight is 442 g/mol. The van der Waals surface area contributed by atoms with Crippen LogP contribution in [0.25, 0.3) is 0 Å². The predicted octanol–water partition coefficient (Wildman–Crippen LogP) is 4.55. The molecule has 3 aromatic rings. The molecule has 6 nitrogen and oxygen atoms in total. The summed E-state index contributed by atoms with van der Waals surface area (Å²) in [7, 11) is 0. The fraction of sp³-hybridized carbons (Fsp3) is 0.174. The van der Waals surface area contributed by atoms with Crippen LogP contribution in [0, 0.1) is 0 Å². The standard InChI is InChI=1S/C23H17F3N2O4/c24-23(25,26)21-20(32-16-5-6-17-18(29)8-10-31-19(17)12-16)15(7-9-28-21)11-13-1-3-14(4-2-13)22(27)30/h1-7,9,12H,8,10-11H2,(H2,27,30). The van der Waals surface area contributed by atoms with E-state index in [2.05, 4.69) is 4.98 Å². The van der Waals surface area contributed by atoms with Gasteiger partial charge in [-0.25, -0.2) is 4.98 Å². The Morgan fingerprint density at radius 3 is 2.56 bits per heavy atom. The number of fused-ring (bicyclic) bond motifs is 1. The third-order valence-corrected chi connectivity index (χ3v) is 4.95. The Balaban J connectivity index is 1.71. The van der Waals surface area contributed by atoms with Gasteiger partial charge in [0.15, 0.2) is 17.2 Å². The third-order valence-electron chi connectivity index (χ3n) is 4.95. The zero-order valence-corrected chi connectivity index (χ0v) is 16.6. The number of amides is 1. The van der Waals surface area contributed by atoms with Gasteiger partial charge in [0.25, 0.3) is 0 Å². The minimum Gasteiger partial charge on any atom is -0.492 e. The summed E-state index contributed by atoms with van der Waals surface area (Å²) in [5.41, 5.74) is 5.61. The van der Waals surface area contributed by atoms with Crippen molar-refractivity contribution in [2.75, 3.05) is 6.61 Å². The topological polar surface area (TPSA) is 91.5 Å². The number of carbonyl (C=O) groups is 2. The first-order valence-corrected chi connectivity index (χ1v) is 9.64. The van der Waals surface area contributed by atoms with E-state index in [-0.39, 0.29) is 42.3 Å². The van der Waals surface area contributed by atoms with Crippen LogP contribution < -0.4 is 15.2 Å². The van der Waals surface area contributed by atoms with Crippen molar-refractivity contribution in [1.82, 2.24) is 4.98 Å². The maximum atomic E-state index is 13.7. The van der Waals surface area contributed by atoms with E-state index in [9.17, 15) is 22.8 Å². The minimum absolute atomic E-state index is 0.0854. The van der Waals surface area contributed by atoms with Crippen LogP contribution in [0.1, 0.15) is 44.0 Å². The van der Waals surface area contributed by atoms with E-state index in [1.165, 1.54) is 36.4 Å². The Bertz CT molecular complexity index is 1190. The fourth-order valence-electron chi connectivity index (χ4n) is 3.37. The molecule has 0 saturated heterocycles. The quantitative estimate of drug-likeness (QED) is 0.626. The van der Waals surface area contributed by atoms with E-state index in [1.807, 2.05) is 0 Å². The van der Waals surface area contributed by atoms with Crippen molar-refractivity contribution in [3.05, 3.63) is 82.7 Å². The number of nitrogens with two attached hydrogens (primary N) is 1. The fourth-order valence-corrected chi connectivity index (χ4v) is 3.37. The smallest absolute Gasteiger partial charge is 0.437 e. The van der Waals surface area contributed by atoms with Crippen molar-refractivity contribution in [2.24, 2.45) is 5.73 Å². The van der Waals surface area contributed by atoms with Crippen molar-refractivity contribution in [3.63, 3.8) is 0 Å². The number of halogens is 3. The first kappa shape index (κ1) is 21.4. The monoisotopic (exact) mass is 442 g/mol. The Labute approximate surface area is 180 Å². The van der Waals surface area contributed by atoms with E-state index >= 15 is 0 Å². The number of Topliss-reactive ketones (excluding diaryl/α,β-unsaturated/α-hetero) is 1. The molecule has 0 atom stereocenters. The number of pyridine rings is 1. The van der Waals surface area contributed by atoms with Gasteiger partial charge in [-0.3, -0.25) is 9.59 Å². The van der Waals surface area contributed by atoms with E-state index in [1.54, 1.807) is 12.1 Å². The summed E-state index contributed by atoms with van der Waals surface area (Å²) in [5.74, 6) is -0.796. The third kappa shape index (κ3) is 4.41. The van der Waals surface area contributed by atoms with Crippen LogP contribution in [0.2, 0.25) is 0 Å². The Morgan fingerprint density at radius 1 is 1.12 bits per heavy atom. The molecule has 0 aliphatic carbocycles. The molecule has 0 spiro atoms. The number of aromatic nitrogens is 1. The van der Waals surface area contributed by atoms with Crippen LogP contribution >= 0.6 is 0 Å². The van der Waals surface area contributed by atoms with Crippen LogP contribution in [-0.4, -0.2) is 23.3 Å². The van der Waals surface area contributed by atoms with Crippen molar-refractivity contribution in [1.29, 1.82) is 0 Å². The molecular formula is C23H17F3N2O4. The summed E-state index contributed by atoms with van der Waals surface area (Å²) in [6.45, 7) is 0.197. The van der Waals surface area contributed by atoms with Crippen LogP contribution in [0.15, 0.2) is 54.7 Å². The second-order valence-corrected chi connectivity index (χ2v) is 7.17. The zero-order valence-electron chi connectivity index (χ0n) is 16.6. The SMILES string of the molecule is NC(=O)c1ccc(Cc2ccnc(C(F)(F)F)c2Oc2ccc3c(c2)OCCC3=O)cc1. The molecule has 32 heavy (non-hydrogen) atoms. The number of hydrogen-bond donors (Lipinski definition) is 1. The Morgan fingerprint density at radius 2 is 1.88 bits per heavy atom. The lowest BCUT2D eigenvalue weighted by Gasteiger charge is -2.19. The van der Waals surface area contributed by atoms with Gasteiger partial charge in [-0.1, -0.05) is 12.1 Å². The molecule has 0 bridgehead atoms. The van der Waals surface area contributed by atoms with Gasteiger partial charge in [0.2, 0.25) is 5.91 Å². The molecule has 2 N–H and O–H groups in total. The normalized spacial score (nSPS) is 13.3. The molecule has 1 aliphatic rings. The second-order valence-electron chi connectivity index (χ2n) is 7.17. The van der Waals surface area contributed by atoms with E-state index < -0.39 is 23.5 Å². The van der Waals surface area contributed by atoms with Crippen LogP contribution in [0.3, 0.4) is 0 Å². The highest BCUT2D eigenvalue weighted by Crippen LogP contribution is 2.40. The lowest BCUT2D eigenvalue weighted by atomic mass is 10.0. The number of rotatable bonds is 5. The maximum absolute atomic E-state index is 13.7. The second kappa shape index (κ2) is 8.33. The van der Waals surface area contributed by atoms with E-state index in [4.69, 9.17) is 15.2 Å². The summed E-state index contributed by atoms with van der Waals surface area (Å²) in [4.78, 5) is 26.7. The molecule has 0 radical (unpaired) electrons. The van der Waals surface area contributed by atoms with Gasteiger partial charge >= 0.3 is 6.18 Å². The van der Waals surface area contributed by atoms with Gasteiger partial charge in [-0.05, 0) is 35.9 Å². The number of alkyl halides is 3. The summed E-state index contributed by atoms with van der Waals surface area (Å²) in [6, 6.07) is 11.9. The van der Waals surface area contributed by atoms with Crippen molar-refractivity contribution in [2.45, 2.75) is 19.0 Å². The highest BCUT2D eigenvalue weighted by molar-refractivity contribution is 5.99. The van der Waals surface area contributed by atoms with Crippen molar-refractivity contribution in [3.8, 4) is 17.2 Å². The summed E-state index contributed by atoms with van der Waals surface area (Å²) >= 11 is 0. The minimum atomic E-state index is -4.75. The molecule has 1 aliphatic heterocycles. The van der Waals surface area contributed by atoms with Crippen LogP contribution in [-0.2, 0) is 12.6 Å². The van der Waals surface area contributed by atoms with Gasteiger partial charge in [-0.15, -0.1) is 0 Å². The summed E-state index contributed by atoms with van der Waals surface area (Å²) < 4.78 is 52.1. The molecule has 2 aromatic carbocycles. The molecule has 0 unspecified atom stereocenters. The van der Waals surface area contributed by atoms with E-state index in [0.717, 1.165) is 6.20 Å². The number of benzene rings is 2. The number of hydrogen-bond acceptors (Lipinski definition) is 5. The molecule has 1 aromatic heterocycles. The van der Waals surface area contributed by atoms with Gasteiger partial charge < -0.3 is 15.2 Å². The van der Waals surface area contributed by atoms with Gasteiger partial charge in [-0.2, -0.15) is 13.2 Å². The number of carbonyl (C=O) groups excluding carboxylic acids is 2. The molecule has 0 fully saturated rings. The average Bonchev–Trinajstić information content (AvgIpc) is 2.74. The molecule has 9 heteroatoms. The highest BCUT2D eigenvalue weighted by atomic mass is 19.4. The highest BCUT2D eigenvalue weighted by Gasteiger charge is 2.38.